The summed E-state index contributed by atoms with van der Waals surface area (Å²) in [6.45, 7) is 3.29. The van der Waals surface area contributed by atoms with Crippen LogP contribution in [-0.2, 0) is 4.79 Å². The molecule has 1 heterocycles. The molecule has 6 heteroatoms. The van der Waals surface area contributed by atoms with Crippen LogP contribution in [0.2, 0.25) is 0 Å². The van der Waals surface area contributed by atoms with Crippen molar-refractivity contribution in [1.29, 1.82) is 0 Å². The van der Waals surface area contributed by atoms with Crippen LogP contribution in [0.3, 0.4) is 0 Å². The van der Waals surface area contributed by atoms with Gasteiger partial charge in [0, 0.05) is 19.0 Å². The smallest absolute Gasteiger partial charge is 0.220 e. The highest BCUT2D eigenvalue weighted by Crippen LogP contribution is 2.06. The molecular weight excluding hydrogens is 182 g/mol. The lowest BCUT2D eigenvalue weighted by Gasteiger charge is -2.09. The first kappa shape index (κ1) is 10.8. The van der Waals surface area contributed by atoms with Crippen LogP contribution in [0.4, 0.5) is 0 Å². The second-order valence-electron chi connectivity index (χ2n) is 3.17. The van der Waals surface area contributed by atoms with Crippen molar-refractivity contribution in [1.82, 2.24) is 16.1 Å². The lowest BCUT2D eigenvalue weighted by atomic mass is 10.2. The van der Waals surface area contributed by atoms with Gasteiger partial charge in [0.15, 0.2) is 0 Å². The van der Waals surface area contributed by atoms with E-state index in [4.69, 9.17) is 5.84 Å². The summed E-state index contributed by atoms with van der Waals surface area (Å²) in [6.07, 6.45) is 1.46. The van der Waals surface area contributed by atoms with E-state index in [1.807, 2.05) is 6.92 Å². The van der Waals surface area contributed by atoms with Crippen molar-refractivity contribution < 1.29 is 4.79 Å². The van der Waals surface area contributed by atoms with Crippen LogP contribution in [0.5, 0.6) is 0 Å². The first-order chi connectivity index (χ1) is 6.76. The minimum Gasteiger partial charge on any atom is -0.356 e. The van der Waals surface area contributed by atoms with E-state index in [9.17, 15) is 4.79 Å². The van der Waals surface area contributed by atoms with Crippen LogP contribution >= 0.6 is 0 Å². The number of nitrogens with zero attached hydrogens (tertiary/aromatic N) is 1. The fourth-order valence-electron chi connectivity index (χ4n) is 1.34. The van der Waals surface area contributed by atoms with E-state index >= 15 is 0 Å². The molecule has 0 aromatic heterocycles. The number of amides is 1. The molecule has 1 unspecified atom stereocenters. The second kappa shape index (κ2) is 5.43. The molecule has 1 saturated heterocycles. The minimum atomic E-state index is 0.107. The van der Waals surface area contributed by atoms with E-state index < -0.39 is 0 Å². The standard InChI is InChI=1S/C8H17N5O/c1-2-10-8(13-9)11-5-6-3-4-7(14)12-6/h6H,2-5,9H2,1H3,(H,12,14)(H2,10,11,13). The summed E-state index contributed by atoms with van der Waals surface area (Å²) in [5.41, 5.74) is 2.46. The fourth-order valence-corrected chi connectivity index (χ4v) is 1.34. The van der Waals surface area contributed by atoms with Crippen molar-refractivity contribution in [3.8, 4) is 0 Å². The van der Waals surface area contributed by atoms with E-state index in [0.29, 0.717) is 18.9 Å². The van der Waals surface area contributed by atoms with Gasteiger partial charge in [-0.1, -0.05) is 0 Å². The number of aliphatic imine (C=N–C) groups is 1. The van der Waals surface area contributed by atoms with Gasteiger partial charge < -0.3 is 10.6 Å². The zero-order chi connectivity index (χ0) is 10.4. The summed E-state index contributed by atoms with van der Waals surface area (Å²) < 4.78 is 0. The van der Waals surface area contributed by atoms with Gasteiger partial charge in [0.1, 0.15) is 0 Å². The van der Waals surface area contributed by atoms with Crippen LogP contribution in [0.1, 0.15) is 19.8 Å². The molecule has 1 atom stereocenters. The number of rotatable bonds is 3. The third kappa shape index (κ3) is 3.21. The Balaban J connectivity index is 2.32. The second-order valence-corrected chi connectivity index (χ2v) is 3.17. The molecule has 14 heavy (non-hydrogen) atoms. The highest BCUT2D eigenvalue weighted by Gasteiger charge is 2.19. The van der Waals surface area contributed by atoms with Gasteiger partial charge in [-0.2, -0.15) is 0 Å². The Morgan fingerprint density at radius 1 is 1.79 bits per heavy atom. The Labute approximate surface area is 83.3 Å². The summed E-state index contributed by atoms with van der Waals surface area (Å²) in [5, 5.41) is 5.80. The average molecular weight is 199 g/mol. The molecule has 0 aromatic rings. The Hall–Kier alpha value is -1.30. The van der Waals surface area contributed by atoms with Gasteiger partial charge in [-0.3, -0.25) is 15.2 Å². The lowest BCUT2D eigenvalue weighted by molar-refractivity contribution is -0.119. The molecule has 0 radical (unpaired) electrons. The van der Waals surface area contributed by atoms with Gasteiger partial charge >= 0.3 is 0 Å². The summed E-state index contributed by atoms with van der Waals surface area (Å²) >= 11 is 0. The number of guanidine groups is 1. The van der Waals surface area contributed by atoms with Crippen molar-refractivity contribution in [2.75, 3.05) is 13.1 Å². The molecule has 80 valence electrons. The molecule has 0 bridgehead atoms. The zero-order valence-corrected chi connectivity index (χ0v) is 8.34. The Bertz CT molecular complexity index is 228. The first-order valence-electron chi connectivity index (χ1n) is 4.80. The van der Waals surface area contributed by atoms with E-state index in [0.717, 1.165) is 13.0 Å². The van der Waals surface area contributed by atoms with Crippen molar-refractivity contribution in [2.24, 2.45) is 10.8 Å². The predicted octanol–water partition coefficient (Wildman–Crippen LogP) is -1.31. The van der Waals surface area contributed by atoms with Crippen molar-refractivity contribution in [3.05, 3.63) is 0 Å². The molecular formula is C8H17N5O. The van der Waals surface area contributed by atoms with Gasteiger partial charge in [0.2, 0.25) is 11.9 Å². The fraction of sp³-hybridized carbons (Fsp3) is 0.750. The monoisotopic (exact) mass is 199 g/mol. The predicted molar refractivity (Wildman–Crippen MR) is 54.5 cm³/mol. The minimum absolute atomic E-state index is 0.107. The molecule has 0 aromatic carbocycles. The Morgan fingerprint density at radius 3 is 3.07 bits per heavy atom. The highest BCUT2D eigenvalue weighted by atomic mass is 16.1. The highest BCUT2D eigenvalue weighted by molar-refractivity contribution is 5.80. The summed E-state index contributed by atoms with van der Waals surface area (Å²) in [6, 6.07) is 0.157. The molecule has 0 aliphatic carbocycles. The Kier molecular flexibility index (Phi) is 4.18. The van der Waals surface area contributed by atoms with Gasteiger partial charge in [-0.05, 0) is 13.3 Å². The van der Waals surface area contributed by atoms with Crippen LogP contribution in [0, 0.1) is 0 Å². The molecule has 1 rings (SSSR count). The normalized spacial score (nSPS) is 22.0. The maximum absolute atomic E-state index is 10.9. The SMILES string of the molecule is CCNC(=NCC1CCC(=O)N1)NN. The third-order valence-corrected chi connectivity index (χ3v) is 2.04. The number of carbonyl (C=O) groups excluding carboxylic acids is 1. The van der Waals surface area contributed by atoms with Crippen LogP contribution in [0.25, 0.3) is 0 Å². The maximum Gasteiger partial charge on any atom is 0.220 e. The summed E-state index contributed by atoms with van der Waals surface area (Å²) in [7, 11) is 0. The lowest BCUT2D eigenvalue weighted by Crippen LogP contribution is -2.42. The summed E-state index contributed by atoms with van der Waals surface area (Å²) in [4.78, 5) is 15.1. The number of hydrazine groups is 1. The molecule has 0 spiro atoms. The zero-order valence-electron chi connectivity index (χ0n) is 8.34. The number of nitrogens with two attached hydrogens (primary N) is 1. The first-order valence-corrected chi connectivity index (χ1v) is 4.80. The molecule has 1 aliphatic rings. The van der Waals surface area contributed by atoms with Crippen LogP contribution in [0.15, 0.2) is 4.99 Å². The van der Waals surface area contributed by atoms with Crippen LogP contribution in [-0.4, -0.2) is 31.0 Å². The largest absolute Gasteiger partial charge is 0.356 e. The van der Waals surface area contributed by atoms with Gasteiger partial charge in [0.05, 0.1) is 6.54 Å². The Morgan fingerprint density at radius 2 is 2.57 bits per heavy atom. The number of hydrogen-bond acceptors (Lipinski definition) is 3. The van der Waals surface area contributed by atoms with Gasteiger partial charge in [-0.15, -0.1) is 0 Å². The van der Waals surface area contributed by atoms with Crippen molar-refractivity contribution >= 4 is 11.9 Å². The maximum atomic E-state index is 10.9. The van der Waals surface area contributed by atoms with Gasteiger partial charge in [-0.25, -0.2) is 5.84 Å². The quantitative estimate of drug-likeness (QED) is 0.197. The summed E-state index contributed by atoms with van der Waals surface area (Å²) in [5.74, 6) is 5.91. The molecule has 1 amide bonds. The number of carbonyl (C=O) groups is 1. The van der Waals surface area contributed by atoms with Crippen molar-refractivity contribution in [3.63, 3.8) is 0 Å². The molecule has 6 nitrogen and oxygen atoms in total. The molecule has 1 aliphatic heterocycles. The molecule has 5 N–H and O–H groups in total. The van der Waals surface area contributed by atoms with Crippen LogP contribution < -0.4 is 21.9 Å². The van der Waals surface area contributed by atoms with Crippen molar-refractivity contribution in [2.45, 2.75) is 25.8 Å². The third-order valence-electron chi connectivity index (χ3n) is 2.04. The van der Waals surface area contributed by atoms with E-state index in [2.05, 4.69) is 21.1 Å². The average Bonchev–Trinajstić information content (AvgIpc) is 2.59. The molecule has 0 saturated carbocycles. The number of nitrogens with one attached hydrogen (secondary N) is 3. The topological polar surface area (TPSA) is 91.5 Å². The molecule has 1 fully saturated rings. The van der Waals surface area contributed by atoms with Gasteiger partial charge in [0.25, 0.3) is 0 Å². The van der Waals surface area contributed by atoms with E-state index in [-0.39, 0.29) is 11.9 Å². The van der Waals surface area contributed by atoms with E-state index in [1.165, 1.54) is 0 Å². The van der Waals surface area contributed by atoms with E-state index in [1.54, 1.807) is 0 Å². The number of hydrogen-bond donors (Lipinski definition) is 4.